The third-order valence-electron chi connectivity index (χ3n) is 2.24. The molecule has 4 nitrogen and oxygen atoms in total. The summed E-state index contributed by atoms with van der Waals surface area (Å²) in [6.45, 7) is 0. The molecule has 0 saturated heterocycles. The second kappa shape index (κ2) is 5.89. The third-order valence-corrected chi connectivity index (χ3v) is 2.81. The van der Waals surface area contributed by atoms with E-state index in [1.165, 1.54) is 6.07 Å². The highest BCUT2D eigenvalue weighted by Crippen LogP contribution is 2.31. The Labute approximate surface area is 108 Å². The summed E-state index contributed by atoms with van der Waals surface area (Å²) < 4.78 is 0. The SMILES string of the molecule is O=C(O)CC(CC(=O)O)c1ccc(Cl)cc1Cl. The molecule has 0 amide bonds. The summed E-state index contributed by atoms with van der Waals surface area (Å²) in [4.78, 5) is 21.4. The highest BCUT2D eigenvalue weighted by atomic mass is 35.5. The van der Waals surface area contributed by atoms with Crippen molar-refractivity contribution in [3.05, 3.63) is 33.8 Å². The van der Waals surface area contributed by atoms with Crippen LogP contribution in [0.2, 0.25) is 10.0 Å². The van der Waals surface area contributed by atoms with Gasteiger partial charge in [0.15, 0.2) is 0 Å². The van der Waals surface area contributed by atoms with Crippen molar-refractivity contribution in [2.45, 2.75) is 18.8 Å². The first kappa shape index (κ1) is 13.8. The summed E-state index contributed by atoms with van der Waals surface area (Å²) >= 11 is 11.6. The van der Waals surface area contributed by atoms with Gasteiger partial charge in [-0.25, -0.2) is 0 Å². The maximum Gasteiger partial charge on any atom is 0.303 e. The van der Waals surface area contributed by atoms with Gasteiger partial charge in [0.1, 0.15) is 0 Å². The smallest absolute Gasteiger partial charge is 0.303 e. The van der Waals surface area contributed by atoms with Crippen LogP contribution in [0.1, 0.15) is 24.3 Å². The van der Waals surface area contributed by atoms with Crippen molar-refractivity contribution in [1.82, 2.24) is 0 Å². The molecule has 0 radical (unpaired) electrons. The number of rotatable bonds is 5. The number of hydrogen-bond donors (Lipinski definition) is 2. The molecule has 6 heteroatoms. The Hall–Kier alpha value is -1.26. The predicted molar refractivity (Wildman–Crippen MR) is 63.7 cm³/mol. The van der Waals surface area contributed by atoms with Crippen LogP contribution in [0.3, 0.4) is 0 Å². The molecule has 0 fully saturated rings. The number of aliphatic carboxylic acids is 2. The molecule has 0 bridgehead atoms. The molecule has 1 aromatic carbocycles. The van der Waals surface area contributed by atoms with E-state index in [9.17, 15) is 9.59 Å². The Balaban J connectivity index is 3.02. The Morgan fingerprint density at radius 1 is 1.12 bits per heavy atom. The van der Waals surface area contributed by atoms with Gasteiger partial charge >= 0.3 is 11.9 Å². The van der Waals surface area contributed by atoms with Crippen LogP contribution in [0, 0.1) is 0 Å². The van der Waals surface area contributed by atoms with Crippen molar-refractivity contribution in [3.8, 4) is 0 Å². The normalized spacial score (nSPS) is 10.5. The first-order valence-electron chi connectivity index (χ1n) is 4.78. The summed E-state index contributed by atoms with van der Waals surface area (Å²) in [7, 11) is 0. The molecule has 1 aromatic rings. The minimum Gasteiger partial charge on any atom is -0.481 e. The molecule has 17 heavy (non-hydrogen) atoms. The van der Waals surface area contributed by atoms with Crippen molar-refractivity contribution >= 4 is 35.1 Å². The standard InChI is InChI=1S/C11H10Cl2O4/c12-7-1-2-8(9(13)5-7)6(3-10(14)15)4-11(16)17/h1-2,5-6H,3-4H2,(H,14,15)(H,16,17). The summed E-state index contributed by atoms with van der Waals surface area (Å²) in [5.74, 6) is -2.79. The highest BCUT2D eigenvalue weighted by Gasteiger charge is 2.21. The fraction of sp³-hybridized carbons (Fsp3) is 0.273. The van der Waals surface area contributed by atoms with Crippen LogP contribution < -0.4 is 0 Å². The van der Waals surface area contributed by atoms with Crippen LogP contribution in [0.4, 0.5) is 0 Å². The highest BCUT2D eigenvalue weighted by molar-refractivity contribution is 6.35. The van der Waals surface area contributed by atoms with Gasteiger partial charge in [0.05, 0.1) is 12.8 Å². The Kier molecular flexibility index (Phi) is 4.78. The van der Waals surface area contributed by atoms with Crippen LogP contribution in [0.15, 0.2) is 18.2 Å². The fourth-order valence-electron chi connectivity index (χ4n) is 1.55. The largest absolute Gasteiger partial charge is 0.481 e. The second-order valence-electron chi connectivity index (χ2n) is 3.56. The molecule has 0 aliphatic carbocycles. The molecule has 0 aromatic heterocycles. The predicted octanol–water partition coefficient (Wildman–Crippen LogP) is 3.03. The minimum absolute atomic E-state index is 0.282. The number of carbonyl (C=O) groups is 2. The van der Waals surface area contributed by atoms with E-state index in [2.05, 4.69) is 0 Å². The first-order chi connectivity index (χ1) is 7.90. The average Bonchev–Trinajstić information content (AvgIpc) is 2.14. The van der Waals surface area contributed by atoms with Gasteiger partial charge in [-0.1, -0.05) is 29.3 Å². The monoisotopic (exact) mass is 276 g/mol. The van der Waals surface area contributed by atoms with E-state index in [-0.39, 0.29) is 17.9 Å². The molecular formula is C11H10Cl2O4. The maximum absolute atomic E-state index is 10.7. The molecule has 0 atom stereocenters. The van der Waals surface area contributed by atoms with Crippen LogP contribution in [-0.4, -0.2) is 22.2 Å². The summed E-state index contributed by atoms with van der Waals surface area (Å²) in [5.41, 5.74) is 0.487. The molecule has 0 aliphatic heterocycles. The van der Waals surface area contributed by atoms with Crippen molar-refractivity contribution in [2.75, 3.05) is 0 Å². The zero-order valence-electron chi connectivity index (χ0n) is 8.69. The minimum atomic E-state index is -1.07. The topological polar surface area (TPSA) is 74.6 Å². The summed E-state index contributed by atoms with van der Waals surface area (Å²) in [6.07, 6.45) is -0.568. The van der Waals surface area contributed by atoms with Crippen molar-refractivity contribution in [3.63, 3.8) is 0 Å². The second-order valence-corrected chi connectivity index (χ2v) is 4.40. The van der Waals surface area contributed by atoms with Crippen LogP contribution in [-0.2, 0) is 9.59 Å². The van der Waals surface area contributed by atoms with Crippen LogP contribution in [0.25, 0.3) is 0 Å². The zero-order chi connectivity index (χ0) is 13.0. The van der Waals surface area contributed by atoms with Crippen molar-refractivity contribution in [1.29, 1.82) is 0 Å². The van der Waals surface area contributed by atoms with E-state index in [0.29, 0.717) is 10.6 Å². The molecular weight excluding hydrogens is 267 g/mol. The fourth-order valence-corrected chi connectivity index (χ4v) is 2.11. The van der Waals surface area contributed by atoms with Crippen molar-refractivity contribution < 1.29 is 19.8 Å². The van der Waals surface area contributed by atoms with E-state index in [1.54, 1.807) is 12.1 Å². The average molecular weight is 277 g/mol. The quantitative estimate of drug-likeness (QED) is 0.867. The van der Waals surface area contributed by atoms with Gasteiger partial charge in [-0.3, -0.25) is 9.59 Å². The number of carboxylic acid groups (broad SMARTS) is 2. The molecule has 2 N–H and O–H groups in total. The molecule has 1 rings (SSSR count). The van der Waals surface area contributed by atoms with Gasteiger partial charge in [-0.15, -0.1) is 0 Å². The van der Waals surface area contributed by atoms with Gasteiger partial charge in [-0.05, 0) is 17.7 Å². The Bertz CT molecular complexity index is 429. The summed E-state index contributed by atoms with van der Waals surface area (Å²) in [5, 5.41) is 18.2. The lowest BCUT2D eigenvalue weighted by Crippen LogP contribution is -2.11. The number of carboxylic acids is 2. The molecule has 0 spiro atoms. The zero-order valence-corrected chi connectivity index (χ0v) is 10.2. The van der Waals surface area contributed by atoms with Gasteiger partial charge in [0.2, 0.25) is 0 Å². The lowest BCUT2D eigenvalue weighted by atomic mass is 9.92. The number of hydrogen-bond acceptors (Lipinski definition) is 2. The van der Waals surface area contributed by atoms with E-state index >= 15 is 0 Å². The third kappa shape index (κ3) is 4.24. The number of benzene rings is 1. The van der Waals surface area contributed by atoms with Gasteiger partial charge in [0.25, 0.3) is 0 Å². The molecule has 92 valence electrons. The van der Waals surface area contributed by atoms with Gasteiger partial charge in [-0.2, -0.15) is 0 Å². The van der Waals surface area contributed by atoms with Gasteiger partial charge in [0, 0.05) is 16.0 Å². The van der Waals surface area contributed by atoms with Crippen LogP contribution >= 0.6 is 23.2 Å². The number of halogens is 2. The Morgan fingerprint density at radius 2 is 1.65 bits per heavy atom. The Morgan fingerprint density at radius 3 is 2.06 bits per heavy atom. The van der Waals surface area contributed by atoms with Crippen LogP contribution in [0.5, 0.6) is 0 Å². The van der Waals surface area contributed by atoms with E-state index in [1.807, 2.05) is 0 Å². The molecule has 0 aliphatic rings. The lowest BCUT2D eigenvalue weighted by molar-refractivity contribution is -0.139. The van der Waals surface area contributed by atoms with E-state index in [0.717, 1.165) is 0 Å². The maximum atomic E-state index is 10.7. The lowest BCUT2D eigenvalue weighted by Gasteiger charge is -2.14. The molecule has 0 unspecified atom stereocenters. The van der Waals surface area contributed by atoms with E-state index < -0.39 is 17.9 Å². The van der Waals surface area contributed by atoms with E-state index in [4.69, 9.17) is 33.4 Å². The first-order valence-corrected chi connectivity index (χ1v) is 5.54. The van der Waals surface area contributed by atoms with Gasteiger partial charge < -0.3 is 10.2 Å². The van der Waals surface area contributed by atoms with Crippen molar-refractivity contribution in [2.24, 2.45) is 0 Å². The molecule has 0 heterocycles. The summed E-state index contributed by atoms with van der Waals surface area (Å²) in [6, 6.07) is 4.58. The molecule has 0 saturated carbocycles.